The van der Waals surface area contributed by atoms with Gasteiger partial charge in [-0.3, -0.25) is 28.8 Å². The first kappa shape index (κ1) is 18.4. The zero-order chi connectivity index (χ0) is 21.0. The minimum Gasteiger partial charge on any atom is -0.390 e. The fraction of sp³-hybridized carbons (Fsp3) is 0.278. The summed E-state index contributed by atoms with van der Waals surface area (Å²) in [5.74, 6) is -1.21. The molecule has 2 aromatic heterocycles. The van der Waals surface area contributed by atoms with Gasteiger partial charge in [-0.25, -0.2) is 4.98 Å². The molecule has 4 N–H and O–H groups in total. The highest BCUT2D eigenvalue weighted by Crippen LogP contribution is 2.31. The number of aromatic amines is 1. The summed E-state index contributed by atoms with van der Waals surface area (Å²) in [5.41, 5.74) is 5.93. The molecule has 0 saturated carbocycles. The summed E-state index contributed by atoms with van der Waals surface area (Å²) in [7, 11) is 0. The van der Waals surface area contributed by atoms with Crippen molar-refractivity contribution in [2.75, 3.05) is 12.3 Å². The van der Waals surface area contributed by atoms with Gasteiger partial charge in [0.1, 0.15) is 18.9 Å². The van der Waals surface area contributed by atoms with E-state index in [0.717, 1.165) is 0 Å². The average molecular weight is 412 g/mol. The number of hydrogen-bond acceptors (Lipinski definition) is 9. The zero-order valence-electron chi connectivity index (χ0n) is 15.4. The van der Waals surface area contributed by atoms with E-state index in [9.17, 15) is 19.5 Å². The Labute approximate surface area is 167 Å². The van der Waals surface area contributed by atoms with Crippen LogP contribution in [0.2, 0.25) is 0 Å². The predicted molar refractivity (Wildman–Crippen MR) is 100.0 cm³/mol. The van der Waals surface area contributed by atoms with Crippen molar-refractivity contribution in [3.63, 3.8) is 0 Å². The molecule has 0 spiro atoms. The van der Waals surface area contributed by atoms with Gasteiger partial charge in [-0.05, 0) is 12.1 Å². The Bertz CT molecular complexity index is 1200. The number of aromatic nitrogens is 4. The third kappa shape index (κ3) is 2.77. The maximum atomic E-state index is 12.4. The first-order chi connectivity index (χ1) is 14.4. The van der Waals surface area contributed by atoms with Gasteiger partial charge < -0.3 is 15.6 Å². The van der Waals surface area contributed by atoms with Gasteiger partial charge in [-0.1, -0.05) is 12.1 Å². The van der Waals surface area contributed by atoms with Crippen molar-refractivity contribution in [1.29, 1.82) is 0 Å². The normalized spacial score (nSPS) is 23.5. The van der Waals surface area contributed by atoms with E-state index in [2.05, 4.69) is 15.0 Å². The van der Waals surface area contributed by atoms with Crippen LogP contribution in [0.25, 0.3) is 11.2 Å². The molecule has 1 saturated heterocycles. The molecule has 12 heteroatoms. The summed E-state index contributed by atoms with van der Waals surface area (Å²) in [6.07, 6.45) is -0.916. The number of anilines is 1. The smallest absolute Gasteiger partial charge is 0.285 e. The largest absolute Gasteiger partial charge is 0.390 e. The van der Waals surface area contributed by atoms with Crippen LogP contribution in [0.15, 0.2) is 35.4 Å². The summed E-state index contributed by atoms with van der Waals surface area (Å²) >= 11 is 0. The Morgan fingerprint density at radius 2 is 1.93 bits per heavy atom. The van der Waals surface area contributed by atoms with E-state index in [1.54, 1.807) is 24.3 Å². The molecule has 0 bridgehead atoms. The van der Waals surface area contributed by atoms with Gasteiger partial charge in [0.25, 0.3) is 17.4 Å². The highest BCUT2D eigenvalue weighted by atomic mass is 16.7. The Kier molecular flexibility index (Phi) is 4.13. The molecule has 1 unspecified atom stereocenters. The van der Waals surface area contributed by atoms with Crippen molar-refractivity contribution in [2.24, 2.45) is 0 Å². The predicted octanol–water partition coefficient (Wildman–Crippen LogP) is -0.422. The molecule has 0 aliphatic carbocycles. The molecule has 3 atom stereocenters. The molecule has 2 aliphatic heterocycles. The topological polar surface area (TPSA) is 166 Å². The maximum Gasteiger partial charge on any atom is 0.285 e. The van der Waals surface area contributed by atoms with Gasteiger partial charge in [0.15, 0.2) is 11.2 Å². The van der Waals surface area contributed by atoms with Crippen LogP contribution in [-0.2, 0) is 9.57 Å². The van der Waals surface area contributed by atoms with Crippen LogP contribution < -0.4 is 11.3 Å². The first-order valence-electron chi connectivity index (χ1n) is 9.10. The molecule has 30 heavy (non-hydrogen) atoms. The lowest BCUT2D eigenvalue weighted by Gasteiger charge is -2.19. The molecule has 1 fully saturated rings. The summed E-state index contributed by atoms with van der Waals surface area (Å²) in [6, 6.07) is 6.40. The van der Waals surface area contributed by atoms with Gasteiger partial charge in [0.2, 0.25) is 5.95 Å². The molecular formula is C18H16N6O6. The molecule has 154 valence electrons. The lowest BCUT2D eigenvalue weighted by atomic mass is 10.1. The number of H-pyrrole nitrogens is 1. The number of nitrogens with zero attached hydrogens (tertiary/aromatic N) is 4. The van der Waals surface area contributed by atoms with Crippen LogP contribution in [0.5, 0.6) is 0 Å². The van der Waals surface area contributed by atoms with Gasteiger partial charge >= 0.3 is 0 Å². The lowest BCUT2D eigenvalue weighted by molar-refractivity contribution is -0.140. The van der Waals surface area contributed by atoms with E-state index in [0.29, 0.717) is 5.06 Å². The Balaban J connectivity index is 1.31. The maximum absolute atomic E-state index is 12.4. The van der Waals surface area contributed by atoms with E-state index in [1.807, 2.05) is 0 Å². The highest BCUT2D eigenvalue weighted by Gasteiger charge is 2.40. The van der Waals surface area contributed by atoms with Gasteiger partial charge in [0, 0.05) is 6.42 Å². The highest BCUT2D eigenvalue weighted by molar-refractivity contribution is 6.20. The summed E-state index contributed by atoms with van der Waals surface area (Å²) in [4.78, 5) is 52.5. The standard InChI is InChI=1S/C18H16N6O6/c19-18-21-14-13(15(26)22-18)20-7-23(14)12-5-10(25)11(30-12)6-29-24-16(27)8-3-1-2-4-9(8)17(24)28/h1-4,7,10-12,25H,5-6H2,(H3,19,21,22,26)/t10?,11-,12-/m1/s1. The Hall–Kier alpha value is -3.61. The van der Waals surface area contributed by atoms with E-state index in [-0.39, 0.29) is 41.3 Å². The van der Waals surface area contributed by atoms with Gasteiger partial charge in [0.05, 0.1) is 23.6 Å². The third-order valence-electron chi connectivity index (χ3n) is 5.09. The van der Waals surface area contributed by atoms with Crippen molar-refractivity contribution in [3.05, 3.63) is 52.1 Å². The van der Waals surface area contributed by atoms with Crippen molar-refractivity contribution in [3.8, 4) is 0 Å². The second kappa shape index (κ2) is 6.73. The number of aliphatic hydroxyl groups excluding tert-OH is 1. The Morgan fingerprint density at radius 1 is 1.23 bits per heavy atom. The van der Waals surface area contributed by atoms with Crippen LogP contribution in [0.4, 0.5) is 5.95 Å². The SMILES string of the molecule is Nc1nc2c(ncn2[C@H]2CC(O)[C@@H](CON3C(=O)c4ccccc4C3=O)O2)c(=O)[nH]1. The van der Waals surface area contributed by atoms with Crippen molar-refractivity contribution >= 4 is 28.9 Å². The number of amides is 2. The number of fused-ring (bicyclic) bond motifs is 2. The number of nitrogens with two attached hydrogens (primary N) is 1. The fourth-order valence-electron chi connectivity index (χ4n) is 3.62. The molecule has 1 aromatic carbocycles. The van der Waals surface area contributed by atoms with Crippen LogP contribution in [-0.4, -0.2) is 60.3 Å². The second-order valence-electron chi connectivity index (χ2n) is 6.95. The molecule has 5 rings (SSSR count). The van der Waals surface area contributed by atoms with Crippen molar-refractivity contribution in [2.45, 2.75) is 24.9 Å². The average Bonchev–Trinajstić information content (AvgIpc) is 3.37. The van der Waals surface area contributed by atoms with Gasteiger partial charge in [-0.15, -0.1) is 5.06 Å². The quantitative estimate of drug-likeness (QED) is 0.482. The molecule has 2 amide bonds. The molecule has 4 heterocycles. The minimum atomic E-state index is -0.943. The van der Waals surface area contributed by atoms with Crippen LogP contribution in [0, 0.1) is 0 Å². The van der Waals surface area contributed by atoms with Crippen LogP contribution >= 0.6 is 0 Å². The minimum absolute atomic E-state index is 0.0710. The van der Waals surface area contributed by atoms with Crippen LogP contribution in [0.3, 0.4) is 0 Å². The number of carbonyl (C=O) groups excluding carboxylic acids is 2. The number of nitrogen functional groups attached to an aromatic ring is 1. The lowest BCUT2D eigenvalue weighted by Crippen LogP contribution is -2.36. The molecular weight excluding hydrogens is 396 g/mol. The molecule has 0 radical (unpaired) electrons. The second-order valence-corrected chi connectivity index (χ2v) is 6.95. The number of imide groups is 1. The molecule has 3 aromatic rings. The summed E-state index contributed by atoms with van der Waals surface area (Å²) < 4.78 is 7.31. The number of rotatable bonds is 4. The fourth-order valence-corrected chi connectivity index (χ4v) is 3.62. The number of imidazole rings is 1. The zero-order valence-corrected chi connectivity index (χ0v) is 15.4. The first-order valence-corrected chi connectivity index (χ1v) is 9.10. The van der Waals surface area contributed by atoms with E-state index in [1.165, 1.54) is 10.9 Å². The number of aliphatic hydroxyl groups is 1. The third-order valence-corrected chi connectivity index (χ3v) is 5.09. The molecule has 12 nitrogen and oxygen atoms in total. The summed E-state index contributed by atoms with van der Waals surface area (Å²) in [6.45, 7) is -0.230. The Morgan fingerprint density at radius 3 is 2.63 bits per heavy atom. The number of benzene rings is 1. The number of nitrogens with one attached hydrogen (secondary N) is 1. The number of hydrogen-bond donors (Lipinski definition) is 3. The van der Waals surface area contributed by atoms with E-state index in [4.69, 9.17) is 15.3 Å². The summed E-state index contributed by atoms with van der Waals surface area (Å²) in [5, 5.41) is 11.0. The van der Waals surface area contributed by atoms with E-state index >= 15 is 0 Å². The monoisotopic (exact) mass is 412 g/mol. The van der Waals surface area contributed by atoms with E-state index < -0.39 is 35.8 Å². The number of ether oxygens (including phenoxy) is 1. The van der Waals surface area contributed by atoms with Crippen LogP contribution in [0.1, 0.15) is 33.4 Å². The van der Waals surface area contributed by atoms with Crippen molar-refractivity contribution < 1.29 is 24.3 Å². The number of carbonyl (C=O) groups is 2. The molecule has 2 aliphatic rings. The van der Waals surface area contributed by atoms with Crippen molar-refractivity contribution in [1.82, 2.24) is 24.6 Å². The number of hydroxylamine groups is 2. The van der Waals surface area contributed by atoms with Gasteiger partial charge in [-0.2, -0.15) is 4.98 Å².